The molecule has 92 valence electrons. The van der Waals surface area contributed by atoms with Crippen molar-refractivity contribution in [2.45, 2.75) is 17.3 Å². The lowest BCUT2D eigenvalue weighted by Gasteiger charge is -2.06. The van der Waals surface area contributed by atoms with Gasteiger partial charge in [-0.05, 0) is 12.1 Å². The number of hydrogen-bond donors (Lipinski definition) is 0. The summed E-state index contributed by atoms with van der Waals surface area (Å²) in [7, 11) is -4.87. The first-order valence-corrected chi connectivity index (χ1v) is 5.91. The van der Waals surface area contributed by atoms with Crippen LogP contribution in [0.5, 0.6) is 0 Å². The Labute approximate surface area is 93.9 Å². The maximum atomic E-state index is 13.2. The van der Waals surface area contributed by atoms with E-state index in [0.717, 1.165) is 0 Å². The van der Waals surface area contributed by atoms with Gasteiger partial charge in [0.15, 0.2) is 0 Å². The van der Waals surface area contributed by atoms with Gasteiger partial charge < -0.3 is 4.74 Å². The number of hydrogen-bond acceptors (Lipinski definition) is 4. The average Bonchev–Trinajstić information content (AvgIpc) is 2.61. The summed E-state index contributed by atoms with van der Waals surface area (Å²) in [5, 5.41) is 0. The van der Waals surface area contributed by atoms with Crippen molar-refractivity contribution in [3.05, 3.63) is 29.1 Å². The lowest BCUT2D eigenvalue weighted by molar-refractivity contribution is 0.0530. The highest BCUT2D eigenvalue weighted by Crippen LogP contribution is 2.31. The van der Waals surface area contributed by atoms with Gasteiger partial charge in [0.25, 0.3) is 0 Å². The number of rotatable bonds is 2. The zero-order chi connectivity index (χ0) is 12.8. The van der Waals surface area contributed by atoms with E-state index in [0.29, 0.717) is 12.1 Å². The monoisotopic (exact) mass is 266 g/mol. The first-order chi connectivity index (χ1) is 7.85. The summed E-state index contributed by atoms with van der Waals surface area (Å²) in [6, 6.07) is 1.36. The number of ether oxygens (including phenoxy) is 1. The largest absolute Gasteiger partial charge is 0.457 e. The van der Waals surface area contributed by atoms with Gasteiger partial charge >= 0.3 is 11.7 Å². The van der Waals surface area contributed by atoms with Crippen molar-refractivity contribution < 1.29 is 31.1 Å². The van der Waals surface area contributed by atoms with Gasteiger partial charge in [-0.3, -0.25) is 0 Å². The molecule has 1 aliphatic heterocycles. The van der Waals surface area contributed by atoms with E-state index in [2.05, 4.69) is 4.74 Å². The Balaban J connectivity index is 2.72. The molecule has 1 aliphatic rings. The van der Waals surface area contributed by atoms with Gasteiger partial charge in [-0.2, -0.15) is 8.78 Å². The van der Waals surface area contributed by atoms with Crippen LogP contribution in [-0.4, -0.2) is 20.1 Å². The van der Waals surface area contributed by atoms with Crippen molar-refractivity contribution >= 4 is 15.8 Å². The molecule has 0 saturated heterocycles. The van der Waals surface area contributed by atoms with Crippen LogP contribution in [0.25, 0.3) is 0 Å². The van der Waals surface area contributed by atoms with Gasteiger partial charge in [-0.15, -0.1) is 0 Å². The van der Waals surface area contributed by atoms with E-state index >= 15 is 0 Å². The summed E-state index contributed by atoms with van der Waals surface area (Å²) in [4.78, 5) is 10.3. The molecule has 0 N–H and O–H groups in total. The van der Waals surface area contributed by atoms with E-state index in [1.165, 1.54) is 0 Å². The Morgan fingerprint density at radius 1 is 1.29 bits per heavy atom. The molecule has 1 aromatic carbocycles. The van der Waals surface area contributed by atoms with Gasteiger partial charge in [-0.1, -0.05) is 0 Å². The molecule has 0 aromatic heterocycles. The molecule has 4 nitrogen and oxygen atoms in total. The third-order valence-electron chi connectivity index (χ3n) is 2.31. The lowest BCUT2D eigenvalue weighted by atomic mass is 10.1. The van der Waals surface area contributed by atoms with Crippen LogP contribution in [0.3, 0.4) is 0 Å². The molecule has 0 saturated carbocycles. The van der Waals surface area contributed by atoms with Crippen LogP contribution in [0.4, 0.5) is 13.2 Å². The molecule has 1 heterocycles. The number of carbonyl (C=O) groups excluding carboxylic acids is 1. The number of fused-ring (bicyclic) bond motifs is 1. The van der Waals surface area contributed by atoms with Crippen molar-refractivity contribution in [1.29, 1.82) is 0 Å². The van der Waals surface area contributed by atoms with E-state index < -0.39 is 44.4 Å². The minimum Gasteiger partial charge on any atom is -0.457 e. The minimum absolute atomic E-state index is 0.352. The Hall–Kier alpha value is -1.57. The standard InChI is InChI=1S/C9H5F3O4S/c10-5-1-2-6(17(14,15)9(11)12)4-3-16-8(13)7(4)5/h1-2,9H,3H2. The molecule has 0 fully saturated rings. The molecule has 0 spiro atoms. The van der Waals surface area contributed by atoms with E-state index in [9.17, 15) is 26.4 Å². The van der Waals surface area contributed by atoms with Crippen molar-refractivity contribution in [3.63, 3.8) is 0 Å². The molecule has 0 atom stereocenters. The Morgan fingerprint density at radius 2 is 1.94 bits per heavy atom. The second kappa shape index (κ2) is 3.73. The van der Waals surface area contributed by atoms with Crippen molar-refractivity contribution in [1.82, 2.24) is 0 Å². The van der Waals surface area contributed by atoms with Crippen LogP contribution in [0, 0.1) is 5.82 Å². The van der Waals surface area contributed by atoms with Crippen molar-refractivity contribution in [2.75, 3.05) is 0 Å². The quantitative estimate of drug-likeness (QED) is 0.601. The summed E-state index contributed by atoms with van der Waals surface area (Å²) in [5.41, 5.74) is -0.943. The normalized spacial score (nSPS) is 14.9. The molecule has 0 bridgehead atoms. The number of carbonyl (C=O) groups is 1. The van der Waals surface area contributed by atoms with E-state index in [4.69, 9.17) is 0 Å². The molecule has 0 amide bonds. The maximum Gasteiger partial charge on any atom is 0.341 e. The molecule has 17 heavy (non-hydrogen) atoms. The average molecular weight is 266 g/mol. The molecule has 0 aliphatic carbocycles. The predicted octanol–water partition coefficient (Wildman–Crippen LogP) is 1.49. The zero-order valence-electron chi connectivity index (χ0n) is 8.11. The van der Waals surface area contributed by atoms with Gasteiger partial charge in [0.05, 0.1) is 4.90 Å². The van der Waals surface area contributed by atoms with Crippen LogP contribution in [0.1, 0.15) is 15.9 Å². The lowest BCUT2D eigenvalue weighted by Crippen LogP contribution is -2.14. The molecule has 0 radical (unpaired) electrons. The predicted molar refractivity (Wildman–Crippen MR) is 48.7 cm³/mol. The third-order valence-corrected chi connectivity index (χ3v) is 3.78. The van der Waals surface area contributed by atoms with E-state index in [1.54, 1.807) is 0 Å². The highest BCUT2D eigenvalue weighted by atomic mass is 32.2. The number of sulfone groups is 1. The van der Waals surface area contributed by atoms with Gasteiger partial charge in [-0.25, -0.2) is 17.6 Å². The fourth-order valence-corrected chi connectivity index (χ4v) is 2.49. The molecular formula is C9H5F3O4S. The van der Waals surface area contributed by atoms with E-state index in [1.807, 2.05) is 0 Å². The Bertz CT molecular complexity index is 595. The van der Waals surface area contributed by atoms with Crippen LogP contribution < -0.4 is 0 Å². The number of cyclic esters (lactones) is 1. The van der Waals surface area contributed by atoms with Crippen molar-refractivity contribution in [2.24, 2.45) is 0 Å². The van der Waals surface area contributed by atoms with Crippen LogP contribution in [0.2, 0.25) is 0 Å². The summed E-state index contributed by atoms with van der Waals surface area (Å²) >= 11 is 0. The molecule has 2 rings (SSSR count). The minimum atomic E-state index is -4.87. The van der Waals surface area contributed by atoms with E-state index in [-0.39, 0.29) is 5.56 Å². The van der Waals surface area contributed by atoms with Crippen molar-refractivity contribution in [3.8, 4) is 0 Å². The van der Waals surface area contributed by atoms with Gasteiger partial charge in [0.1, 0.15) is 18.0 Å². The number of benzene rings is 1. The molecule has 0 unspecified atom stereocenters. The summed E-state index contributed by atoms with van der Waals surface area (Å²) < 4.78 is 64.9. The van der Waals surface area contributed by atoms with Crippen LogP contribution in [-0.2, 0) is 21.2 Å². The third kappa shape index (κ3) is 1.68. The summed E-state index contributed by atoms with van der Waals surface area (Å²) in [5.74, 6) is -5.67. The first kappa shape index (κ1) is 11.9. The second-order valence-corrected chi connectivity index (χ2v) is 5.17. The highest BCUT2D eigenvalue weighted by molar-refractivity contribution is 7.91. The number of esters is 1. The molecule has 1 aromatic rings. The maximum absolute atomic E-state index is 13.2. The first-order valence-electron chi connectivity index (χ1n) is 4.36. The fourth-order valence-electron chi connectivity index (χ4n) is 1.54. The fraction of sp³-hybridized carbons (Fsp3) is 0.222. The van der Waals surface area contributed by atoms with Crippen LogP contribution in [0.15, 0.2) is 17.0 Å². The van der Waals surface area contributed by atoms with Gasteiger partial charge in [0, 0.05) is 5.56 Å². The molecule has 8 heteroatoms. The Morgan fingerprint density at radius 3 is 2.53 bits per heavy atom. The van der Waals surface area contributed by atoms with Gasteiger partial charge in [0.2, 0.25) is 9.84 Å². The molecular weight excluding hydrogens is 261 g/mol. The highest BCUT2D eigenvalue weighted by Gasteiger charge is 2.36. The SMILES string of the molecule is O=C1OCc2c(S(=O)(=O)C(F)F)ccc(F)c21. The second-order valence-electron chi connectivity index (χ2n) is 3.28. The Kier molecular flexibility index (Phi) is 2.61. The summed E-state index contributed by atoms with van der Waals surface area (Å²) in [6.45, 7) is -0.521. The zero-order valence-corrected chi connectivity index (χ0v) is 8.93. The van der Waals surface area contributed by atoms with Crippen LogP contribution >= 0.6 is 0 Å². The smallest absolute Gasteiger partial charge is 0.341 e. The topological polar surface area (TPSA) is 60.4 Å². The summed E-state index contributed by atoms with van der Waals surface area (Å²) in [6.07, 6.45) is 0. The number of alkyl halides is 2. The number of halogens is 3.